The fraction of sp³-hybridized carbons (Fsp3) is 0.364. The SMILES string of the molecule is CCOc1ccc(OCC)c(NC(=O)CNc2cccc(OCC(=O)N(C)C)c2)c1. The molecular formula is C22H29N3O5. The minimum Gasteiger partial charge on any atom is -0.494 e. The van der Waals surface area contributed by atoms with Crippen molar-refractivity contribution in [2.75, 3.05) is 51.1 Å². The van der Waals surface area contributed by atoms with Gasteiger partial charge in [-0.05, 0) is 38.1 Å². The van der Waals surface area contributed by atoms with E-state index in [4.69, 9.17) is 14.2 Å². The van der Waals surface area contributed by atoms with Gasteiger partial charge in [0.2, 0.25) is 5.91 Å². The summed E-state index contributed by atoms with van der Waals surface area (Å²) in [6.07, 6.45) is 0. The number of hydrogen-bond acceptors (Lipinski definition) is 6. The average molecular weight is 415 g/mol. The number of amides is 2. The normalized spacial score (nSPS) is 10.1. The van der Waals surface area contributed by atoms with Crippen molar-refractivity contribution in [3.63, 3.8) is 0 Å². The van der Waals surface area contributed by atoms with Crippen LogP contribution in [0.2, 0.25) is 0 Å². The van der Waals surface area contributed by atoms with E-state index < -0.39 is 0 Å². The molecule has 0 radical (unpaired) electrons. The maximum Gasteiger partial charge on any atom is 0.259 e. The zero-order valence-corrected chi connectivity index (χ0v) is 17.9. The van der Waals surface area contributed by atoms with Crippen molar-refractivity contribution in [1.29, 1.82) is 0 Å². The second kappa shape index (κ2) is 11.5. The molecule has 2 amide bonds. The number of benzene rings is 2. The van der Waals surface area contributed by atoms with Crippen LogP contribution in [-0.2, 0) is 9.59 Å². The second-order valence-corrected chi connectivity index (χ2v) is 6.53. The highest BCUT2D eigenvalue weighted by molar-refractivity contribution is 5.95. The summed E-state index contributed by atoms with van der Waals surface area (Å²) in [5.74, 6) is 1.40. The highest BCUT2D eigenvalue weighted by atomic mass is 16.5. The number of carbonyl (C=O) groups excluding carboxylic acids is 2. The minimum absolute atomic E-state index is 0.0461. The van der Waals surface area contributed by atoms with Crippen molar-refractivity contribution in [2.45, 2.75) is 13.8 Å². The summed E-state index contributed by atoms with van der Waals surface area (Å²) in [5.41, 5.74) is 1.25. The molecule has 30 heavy (non-hydrogen) atoms. The number of rotatable bonds is 11. The highest BCUT2D eigenvalue weighted by Crippen LogP contribution is 2.29. The molecular weight excluding hydrogens is 386 g/mol. The molecule has 8 heteroatoms. The predicted molar refractivity (Wildman–Crippen MR) is 117 cm³/mol. The summed E-state index contributed by atoms with van der Waals surface area (Å²) in [6.45, 7) is 4.79. The molecule has 2 N–H and O–H groups in total. The molecule has 0 saturated heterocycles. The Morgan fingerprint density at radius 2 is 1.67 bits per heavy atom. The lowest BCUT2D eigenvalue weighted by Crippen LogP contribution is -2.27. The van der Waals surface area contributed by atoms with Crippen LogP contribution in [0.1, 0.15) is 13.8 Å². The van der Waals surface area contributed by atoms with Gasteiger partial charge in [0.1, 0.15) is 17.2 Å². The van der Waals surface area contributed by atoms with Crippen molar-refractivity contribution < 1.29 is 23.8 Å². The first-order valence-electron chi connectivity index (χ1n) is 9.79. The Labute approximate surface area is 177 Å². The lowest BCUT2D eigenvalue weighted by atomic mass is 10.2. The lowest BCUT2D eigenvalue weighted by Gasteiger charge is -2.14. The van der Waals surface area contributed by atoms with Crippen LogP contribution in [0.15, 0.2) is 42.5 Å². The summed E-state index contributed by atoms with van der Waals surface area (Å²) in [4.78, 5) is 25.5. The van der Waals surface area contributed by atoms with Gasteiger partial charge in [-0.25, -0.2) is 0 Å². The minimum atomic E-state index is -0.237. The highest BCUT2D eigenvalue weighted by Gasteiger charge is 2.10. The lowest BCUT2D eigenvalue weighted by molar-refractivity contribution is -0.130. The molecule has 0 aromatic heterocycles. The Bertz CT molecular complexity index is 854. The monoisotopic (exact) mass is 415 g/mol. The van der Waals surface area contributed by atoms with Gasteiger partial charge in [0, 0.05) is 31.9 Å². The van der Waals surface area contributed by atoms with Crippen LogP contribution in [-0.4, -0.2) is 57.2 Å². The molecule has 0 saturated carbocycles. The largest absolute Gasteiger partial charge is 0.494 e. The van der Waals surface area contributed by atoms with Crippen LogP contribution in [0.3, 0.4) is 0 Å². The zero-order valence-electron chi connectivity index (χ0n) is 17.9. The van der Waals surface area contributed by atoms with E-state index in [2.05, 4.69) is 10.6 Å². The van der Waals surface area contributed by atoms with E-state index in [0.717, 1.165) is 0 Å². The molecule has 2 rings (SSSR count). The zero-order chi connectivity index (χ0) is 21.9. The van der Waals surface area contributed by atoms with Gasteiger partial charge in [-0.15, -0.1) is 0 Å². The predicted octanol–water partition coefficient (Wildman–Crippen LogP) is 3.00. The van der Waals surface area contributed by atoms with Gasteiger partial charge >= 0.3 is 0 Å². The van der Waals surface area contributed by atoms with E-state index in [1.165, 1.54) is 4.90 Å². The van der Waals surface area contributed by atoms with Gasteiger partial charge < -0.3 is 29.7 Å². The van der Waals surface area contributed by atoms with Crippen LogP contribution in [0.5, 0.6) is 17.2 Å². The number of hydrogen-bond donors (Lipinski definition) is 2. The molecule has 0 spiro atoms. The number of carbonyl (C=O) groups is 2. The molecule has 0 aliphatic heterocycles. The van der Waals surface area contributed by atoms with Crippen molar-refractivity contribution in [2.24, 2.45) is 0 Å². The first-order chi connectivity index (χ1) is 14.4. The van der Waals surface area contributed by atoms with Crippen molar-refractivity contribution in [3.8, 4) is 17.2 Å². The standard InChI is InChI=1S/C22H29N3O5/c1-5-28-18-10-11-20(29-6-2)19(13-18)24-21(26)14-23-16-8-7-9-17(12-16)30-15-22(27)25(3)4/h7-13,23H,5-6,14-15H2,1-4H3,(H,24,26). The third kappa shape index (κ3) is 7.20. The molecule has 0 aliphatic carbocycles. The first kappa shape index (κ1) is 22.9. The van der Waals surface area contributed by atoms with E-state index in [1.54, 1.807) is 50.5 Å². The maximum absolute atomic E-state index is 12.4. The van der Waals surface area contributed by atoms with Crippen molar-refractivity contribution in [3.05, 3.63) is 42.5 Å². The number of anilines is 2. The summed E-state index contributed by atoms with van der Waals surface area (Å²) in [7, 11) is 3.34. The van der Waals surface area contributed by atoms with Gasteiger partial charge in [0.15, 0.2) is 6.61 Å². The summed E-state index contributed by atoms with van der Waals surface area (Å²) in [6, 6.07) is 12.4. The number of nitrogens with one attached hydrogen (secondary N) is 2. The molecule has 0 bridgehead atoms. The fourth-order valence-electron chi connectivity index (χ4n) is 2.49. The fourth-order valence-corrected chi connectivity index (χ4v) is 2.49. The molecule has 8 nitrogen and oxygen atoms in total. The van der Waals surface area contributed by atoms with Gasteiger partial charge in [-0.3, -0.25) is 9.59 Å². The quantitative estimate of drug-likeness (QED) is 0.587. The van der Waals surface area contributed by atoms with E-state index in [1.807, 2.05) is 19.9 Å². The molecule has 2 aromatic carbocycles. The molecule has 2 aromatic rings. The van der Waals surface area contributed by atoms with Crippen molar-refractivity contribution in [1.82, 2.24) is 4.90 Å². The number of ether oxygens (including phenoxy) is 3. The van der Waals surface area contributed by atoms with Crippen LogP contribution in [0, 0.1) is 0 Å². The Morgan fingerprint density at radius 1 is 0.933 bits per heavy atom. The Kier molecular flexibility index (Phi) is 8.80. The Balaban J connectivity index is 1.95. The van der Waals surface area contributed by atoms with E-state index >= 15 is 0 Å². The molecule has 162 valence electrons. The Hall–Kier alpha value is -3.42. The van der Waals surface area contributed by atoms with Gasteiger partial charge in [-0.2, -0.15) is 0 Å². The molecule has 0 aliphatic rings. The van der Waals surface area contributed by atoms with Gasteiger partial charge in [0.05, 0.1) is 25.4 Å². The Morgan fingerprint density at radius 3 is 2.37 bits per heavy atom. The molecule has 0 unspecified atom stereocenters. The topological polar surface area (TPSA) is 89.1 Å². The molecule has 0 heterocycles. The number of nitrogens with zero attached hydrogens (tertiary/aromatic N) is 1. The molecule has 0 fully saturated rings. The van der Waals surface area contributed by atoms with Crippen LogP contribution >= 0.6 is 0 Å². The van der Waals surface area contributed by atoms with Crippen LogP contribution < -0.4 is 24.8 Å². The average Bonchev–Trinajstić information content (AvgIpc) is 2.73. The van der Waals surface area contributed by atoms with Gasteiger partial charge in [0.25, 0.3) is 5.91 Å². The summed E-state index contributed by atoms with van der Waals surface area (Å²) in [5, 5.41) is 5.89. The van der Waals surface area contributed by atoms with E-state index in [9.17, 15) is 9.59 Å². The maximum atomic E-state index is 12.4. The summed E-state index contributed by atoms with van der Waals surface area (Å²) >= 11 is 0. The third-order valence-electron chi connectivity index (χ3n) is 3.98. The summed E-state index contributed by atoms with van der Waals surface area (Å²) < 4.78 is 16.6. The smallest absolute Gasteiger partial charge is 0.259 e. The van der Waals surface area contributed by atoms with E-state index in [0.29, 0.717) is 41.8 Å². The van der Waals surface area contributed by atoms with Gasteiger partial charge in [-0.1, -0.05) is 6.07 Å². The van der Waals surface area contributed by atoms with E-state index in [-0.39, 0.29) is 25.0 Å². The second-order valence-electron chi connectivity index (χ2n) is 6.53. The van der Waals surface area contributed by atoms with Crippen LogP contribution in [0.25, 0.3) is 0 Å². The number of likely N-dealkylation sites (N-methyl/N-ethyl adjacent to an activating group) is 1. The van der Waals surface area contributed by atoms with Crippen LogP contribution in [0.4, 0.5) is 11.4 Å². The molecule has 0 atom stereocenters. The van der Waals surface area contributed by atoms with Crippen molar-refractivity contribution >= 4 is 23.2 Å². The first-order valence-corrected chi connectivity index (χ1v) is 9.79. The third-order valence-corrected chi connectivity index (χ3v) is 3.98.